The molecule has 0 spiro atoms. The van der Waals surface area contributed by atoms with Crippen LogP contribution in [0.25, 0.3) is 0 Å². The smallest absolute Gasteiger partial charge is 0.332 e. The molecule has 10 nitrogen and oxygen atoms in total. The maximum atomic E-state index is 12.1. The molecule has 0 radical (unpaired) electrons. The van der Waals surface area contributed by atoms with Crippen molar-refractivity contribution in [3.05, 3.63) is 35.4 Å². The molecule has 5 atom stereocenters. The van der Waals surface area contributed by atoms with Crippen molar-refractivity contribution in [2.75, 3.05) is 13.2 Å². The second-order valence-electron chi connectivity index (χ2n) is 7.22. The van der Waals surface area contributed by atoms with Gasteiger partial charge in [-0.25, -0.2) is 4.79 Å². The van der Waals surface area contributed by atoms with Gasteiger partial charge in [-0.1, -0.05) is 18.1 Å². The first-order valence-corrected chi connectivity index (χ1v) is 9.72. The van der Waals surface area contributed by atoms with E-state index in [9.17, 15) is 29.7 Å². The summed E-state index contributed by atoms with van der Waals surface area (Å²) in [4.78, 5) is 34.9. The lowest BCUT2D eigenvalue weighted by Crippen LogP contribution is -2.59. The van der Waals surface area contributed by atoms with Gasteiger partial charge in [0.2, 0.25) is 11.8 Å². The topological polar surface area (TPSA) is 165 Å². The van der Waals surface area contributed by atoms with E-state index in [1.54, 1.807) is 24.3 Å². The highest BCUT2D eigenvalue weighted by Crippen LogP contribution is 2.24. The van der Waals surface area contributed by atoms with Crippen LogP contribution >= 0.6 is 0 Å². The molecule has 2 amide bonds. The van der Waals surface area contributed by atoms with Crippen LogP contribution in [0.15, 0.2) is 24.3 Å². The van der Waals surface area contributed by atoms with Gasteiger partial charge < -0.3 is 35.8 Å². The van der Waals surface area contributed by atoms with E-state index in [4.69, 9.17) is 16.3 Å². The number of hydrogen-bond acceptors (Lipinski definition) is 7. The zero-order valence-electron chi connectivity index (χ0n) is 16.7. The number of carbonyl (C=O) groups excluding carboxylic acids is 2. The van der Waals surface area contributed by atoms with E-state index in [1.807, 2.05) is 0 Å². The van der Waals surface area contributed by atoms with Crippen molar-refractivity contribution in [3.8, 4) is 12.3 Å². The molecule has 1 saturated heterocycles. The molecule has 10 heteroatoms. The van der Waals surface area contributed by atoms with Gasteiger partial charge in [0.1, 0.15) is 18.8 Å². The van der Waals surface area contributed by atoms with Gasteiger partial charge in [0, 0.05) is 12.1 Å². The number of carboxylic acid groups (broad SMARTS) is 1. The summed E-state index contributed by atoms with van der Waals surface area (Å²) >= 11 is 0. The molecule has 31 heavy (non-hydrogen) atoms. The maximum absolute atomic E-state index is 12.1. The molecule has 1 fully saturated rings. The van der Waals surface area contributed by atoms with Gasteiger partial charge in [0.15, 0.2) is 6.10 Å². The molecule has 1 aromatic carbocycles. The van der Waals surface area contributed by atoms with Crippen molar-refractivity contribution in [2.24, 2.45) is 0 Å². The number of terminal acetylenes is 1. The zero-order chi connectivity index (χ0) is 23.0. The number of aliphatic carboxylic acids is 1. The Labute approximate surface area is 179 Å². The fraction of sp³-hybridized carbons (Fsp3) is 0.476. The van der Waals surface area contributed by atoms with E-state index in [-0.39, 0.29) is 25.8 Å². The van der Waals surface area contributed by atoms with Crippen LogP contribution in [0, 0.1) is 12.3 Å². The van der Waals surface area contributed by atoms with Crippen molar-refractivity contribution >= 4 is 17.8 Å². The Hall–Kier alpha value is -2.97. The van der Waals surface area contributed by atoms with Crippen molar-refractivity contribution in [1.82, 2.24) is 10.6 Å². The van der Waals surface area contributed by atoms with Gasteiger partial charge in [-0.15, -0.1) is 6.42 Å². The van der Waals surface area contributed by atoms with Crippen LogP contribution in [0.5, 0.6) is 0 Å². The van der Waals surface area contributed by atoms with Gasteiger partial charge in [0.05, 0.1) is 18.6 Å². The molecular formula is C21H26N2O8. The highest BCUT2D eigenvalue weighted by atomic mass is 16.5. The third-order valence-electron chi connectivity index (χ3n) is 4.95. The Kier molecular flexibility index (Phi) is 8.96. The predicted molar refractivity (Wildman–Crippen MR) is 108 cm³/mol. The average Bonchev–Trinajstić information content (AvgIpc) is 2.77. The minimum atomic E-state index is -1.60. The third-order valence-corrected chi connectivity index (χ3v) is 4.95. The van der Waals surface area contributed by atoms with E-state index in [1.165, 1.54) is 0 Å². The molecule has 0 bridgehead atoms. The minimum absolute atomic E-state index is 0.0316. The summed E-state index contributed by atoms with van der Waals surface area (Å²) in [5.74, 6) is 0.108. The summed E-state index contributed by atoms with van der Waals surface area (Å²) in [6, 6.07) is 5.99. The van der Waals surface area contributed by atoms with Gasteiger partial charge in [-0.3, -0.25) is 9.59 Å². The van der Waals surface area contributed by atoms with Crippen LogP contribution in [0.3, 0.4) is 0 Å². The largest absolute Gasteiger partial charge is 0.479 e. The van der Waals surface area contributed by atoms with Crippen LogP contribution < -0.4 is 10.6 Å². The number of aliphatic hydroxyl groups excluding tert-OH is 3. The fourth-order valence-corrected chi connectivity index (χ4v) is 3.28. The summed E-state index contributed by atoms with van der Waals surface area (Å²) in [6.07, 6.45) is 0.0228. The molecule has 1 heterocycles. The van der Waals surface area contributed by atoms with Crippen LogP contribution in [0.2, 0.25) is 0 Å². The van der Waals surface area contributed by atoms with Gasteiger partial charge >= 0.3 is 5.97 Å². The van der Waals surface area contributed by atoms with Crippen molar-refractivity contribution < 1.29 is 39.5 Å². The summed E-state index contributed by atoms with van der Waals surface area (Å²) in [7, 11) is 0. The Morgan fingerprint density at radius 2 is 1.84 bits per heavy atom. The molecule has 0 aliphatic carbocycles. The maximum Gasteiger partial charge on any atom is 0.332 e. The molecule has 1 aliphatic rings. The van der Waals surface area contributed by atoms with Crippen molar-refractivity contribution in [3.63, 3.8) is 0 Å². The standard InChI is InChI=1S/C21H26N2O8/c1-2-12-3-5-13(6-4-12)9-17(26)22-10-15(25)19(28)20-14(23-18(27)11-24)7-8-16(31-20)21(29)30/h1,3-6,14-16,19-20,24-25,28H,7-11H2,(H,22,26)(H,23,27)(H,29,30)/t14-,15-,16-,19-,20-/m1/s1. The van der Waals surface area contributed by atoms with Crippen LogP contribution in [-0.2, 0) is 25.5 Å². The first-order chi connectivity index (χ1) is 14.7. The lowest BCUT2D eigenvalue weighted by molar-refractivity contribution is -0.178. The number of amides is 2. The fourth-order valence-electron chi connectivity index (χ4n) is 3.28. The van der Waals surface area contributed by atoms with E-state index in [2.05, 4.69) is 16.6 Å². The lowest BCUT2D eigenvalue weighted by atomic mass is 9.92. The number of nitrogens with one attached hydrogen (secondary N) is 2. The predicted octanol–water partition coefficient (Wildman–Crippen LogP) is -1.84. The molecule has 2 rings (SSSR count). The number of rotatable bonds is 9. The molecular weight excluding hydrogens is 408 g/mol. The van der Waals surface area contributed by atoms with Gasteiger partial charge in [0.25, 0.3) is 0 Å². The molecule has 1 aromatic rings. The summed E-state index contributed by atoms with van der Waals surface area (Å²) in [5, 5.41) is 43.8. The van der Waals surface area contributed by atoms with E-state index in [0.29, 0.717) is 11.1 Å². The third kappa shape index (κ3) is 7.04. The highest BCUT2D eigenvalue weighted by Gasteiger charge is 2.41. The van der Waals surface area contributed by atoms with Gasteiger partial charge in [-0.05, 0) is 30.5 Å². The summed E-state index contributed by atoms with van der Waals surface area (Å²) in [5.41, 5.74) is 1.39. The Bertz CT molecular complexity index is 820. The summed E-state index contributed by atoms with van der Waals surface area (Å²) < 4.78 is 5.38. The number of hydrogen-bond donors (Lipinski definition) is 6. The number of benzene rings is 1. The number of ether oxygens (including phenoxy) is 1. The highest BCUT2D eigenvalue weighted by molar-refractivity contribution is 5.78. The van der Waals surface area contributed by atoms with Crippen LogP contribution in [0.1, 0.15) is 24.0 Å². The summed E-state index contributed by atoms with van der Waals surface area (Å²) in [6.45, 7) is -1.11. The Balaban J connectivity index is 1.94. The minimum Gasteiger partial charge on any atom is -0.479 e. The number of aliphatic hydroxyl groups is 3. The normalized spacial score (nSPS) is 22.6. The molecule has 0 saturated carbocycles. The second-order valence-corrected chi connectivity index (χ2v) is 7.22. The monoisotopic (exact) mass is 434 g/mol. The SMILES string of the molecule is C#Cc1ccc(CC(=O)NC[C@@H](O)[C@@H](O)[C@@H]2O[C@@H](C(=O)O)CC[C@H]2NC(=O)CO)cc1. The van der Waals surface area contributed by atoms with Crippen molar-refractivity contribution in [1.29, 1.82) is 0 Å². The van der Waals surface area contributed by atoms with E-state index >= 15 is 0 Å². The Morgan fingerprint density at radius 1 is 1.16 bits per heavy atom. The molecule has 6 N–H and O–H groups in total. The molecule has 1 aliphatic heterocycles. The first-order valence-electron chi connectivity index (χ1n) is 9.72. The van der Waals surface area contributed by atoms with Crippen LogP contribution in [-0.4, -0.2) is 81.8 Å². The number of carbonyl (C=O) groups is 3. The van der Waals surface area contributed by atoms with Crippen LogP contribution in [0.4, 0.5) is 0 Å². The molecule has 168 valence electrons. The number of carboxylic acids is 1. The zero-order valence-corrected chi connectivity index (χ0v) is 16.7. The van der Waals surface area contributed by atoms with E-state index in [0.717, 1.165) is 0 Å². The second kappa shape index (κ2) is 11.4. The van der Waals surface area contributed by atoms with Crippen molar-refractivity contribution in [2.45, 2.75) is 49.7 Å². The quantitative estimate of drug-likeness (QED) is 0.247. The van der Waals surface area contributed by atoms with E-state index < -0.39 is 54.8 Å². The average molecular weight is 434 g/mol. The molecule has 0 aromatic heterocycles. The lowest BCUT2D eigenvalue weighted by Gasteiger charge is -2.39. The molecule has 0 unspecified atom stereocenters. The van der Waals surface area contributed by atoms with Gasteiger partial charge in [-0.2, -0.15) is 0 Å². The first kappa shape index (κ1) is 24.3. The Morgan fingerprint density at radius 3 is 2.42 bits per heavy atom.